The zero-order chi connectivity index (χ0) is 37.1. The molecule has 4 amide bonds. The number of hydrogen-bond donors (Lipinski definition) is 6. The Kier molecular flexibility index (Phi) is 13.3. The number of benzene rings is 2. The summed E-state index contributed by atoms with van der Waals surface area (Å²) in [5.74, 6) is -1.72. The van der Waals surface area contributed by atoms with E-state index in [2.05, 4.69) is 38.8 Å². The summed E-state index contributed by atoms with van der Waals surface area (Å²) in [6.45, 7) is 1.40. The fourth-order valence-corrected chi connectivity index (χ4v) is 7.49. The summed E-state index contributed by atoms with van der Waals surface area (Å²) in [6, 6.07) is 15.6. The maximum absolute atomic E-state index is 13.3. The fourth-order valence-electron chi connectivity index (χ4n) is 7.11. The molecule has 5 rings (SSSR count). The van der Waals surface area contributed by atoms with Gasteiger partial charge in [0.25, 0.3) is 0 Å². The van der Waals surface area contributed by atoms with Crippen LogP contribution in [-0.4, -0.2) is 66.8 Å². The third-order valence-electron chi connectivity index (χ3n) is 10.4. The lowest BCUT2D eigenvalue weighted by Crippen LogP contribution is -2.51. The lowest BCUT2D eigenvalue weighted by molar-refractivity contribution is -0.142. The quantitative estimate of drug-likeness (QED) is 0.0758. The molecule has 3 fully saturated rings. The van der Waals surface area contributed by atoms with Gasteiger partial charge < -0.3 is 30.7 Å². The molecule has 0 radical (unpaired) electrons. The summed E-state index contributed by atoms with van der Waals surface area (Å²) in [6.07, 6.45) is 7.56. The smallest absolute Gasteiger partial charge is 0.338 e. The largest absolute Gasteiger partial charge is 0.462 e. The van der Waals surface area contributed by atoms with E-state index >= 15 is 0 Å². The third kappa shape index (κ3) is 10.6. The third-order valence-corrected chi connectivity index (χ3v) is 10.8. The van der Waals surface area contributed by atoms with Crippen LogP contribution in [-0.2, 0) is 40.1 Å². The van der Waals surface area contributed by atoms with Crippen LogP contribution in [0.1, 0.15) is 87.1 Å². The van der Waals surface area contributed by atoms with E-state index < -0.39 is 11.0 Å². The van der Waals surface area contributed by atoms with Crippen LogP contribution in [0.15, 0.2) is 54.6 Å². The molecule has 3 aliphatic rings. The Bertz CT molecular complexity index is 1600. The number of anilines is 1. The molecule has 0 bridgehead atoms. The SMILES string of the molecule is CC(=O)OCc1ccc(NC(=O)CNC(=O)C2(CC3CCCCC3NC(=O)CNC(=O)C3(NS)C[C@@H]3CCCOC(=O)c3ccccc3)CC2)cc1. The Balaban J connectivity index is 1.01. The minimum atomic E-state index is -0.875. The van der Waals surface area contributed by atoms with E-state index in [4.69, 9.17) is 9.47 Å². The summed E-state index contributed by atoms with van der Waals surface area (Å²) in [4.78, 5) is 75.1. The van der Waals surface area contributed by atoms with Gasteiger partial charge in [-0.05, 0) is 93.0 Å². The second-order valence-electron chi connectivity index (χ2n) is 14.2. The molecule has 3 unspecified atom stereocenters. The molecular formula is C38H49N5O8S. The predicted octanol–water partition coefficient (Wildman–Crippen LogP) is 3.60. The molecule has 3 saturated carbocycles. The van der Waals surface area contributed by atoms with Gasteiger partial charge in [0.15, 0.2) is 0 Å². The van der Waals surface area contributed by atoms with Crippen molar-refractivity contribution in [3.05, 3.63) is 65.7 Å². The molecule has 5 N–H and O–H groups in total. The van der Waals surface area contributed by atoms with Crippen LogP contribution in [0.25, 0.3) is 0 Å². The van der Waals surface area contributed by atoms with Gasteiger partial charge in [-0.2, -0.15) is 0 Å². The van der Waals surface area contributed by atoms with Crippen molar-refractivity contribution in [2.45, 2.75) is 89.3 Å². The zero-order valence-electron chi connectivity index (χ0n) is 29.5. The Morgan fingerprint density at radius 2 is 1.54 bits per heavy atom. The zero-order valence-corrected chi connectivity index (χ0v) is 30.4. The lowest BCUT2D eigenvalue weighted by atomic mass is 9.77. The van der Waals surface area contributed by atoms with E-state index in [-0.39, 0.29) is 79.7 Å². The summed E-state index contributed by atoms with van der Waals surface area (Å²) in [5.41, 5.74) is 0.422. The highest BCUT2D eigenvalue weighted by atomic mass is 32.1. The minimum absolute atomic E-state index is 0.00427. The van der Waals surface area contributed by atoms with Crippen LogP contribution in [0, 0.1) is 17.3 Å². The number of carbonyl (C=O) groups is 6. The second-order valence-corrected chi connectivity index (χ2v) is 14.4. The first-order valence-electron chi connectivity index (χ1n) is 18.0. The average Bonchev–Trinajstić information content (AvgIpc) is 4.08. The Morgan fingerprint density at radius 1 is 0.846 bits per heavy atom. The Labute approximate surface area is 309 Å². The second kappa shape index (κ2) is 17.9. The molecule has 3 aliphatic carbocycles. The molecule has 2 aromatic rings. The molecule has 52 heavy (non-hydrogen) atoms. The van der Waals surface area contributed by atoms with Crippen molar-refractivity contribution in [1.29, 1.82) is 0 Å². The summed E-state index contributed by atoms with van der Waals surface area (Å²) < 4.78 is 13.2. The van der Waals surface area contributed by atoms with E-state index in [0.717, 1.165) is 44.1 Å². The molecule has 280 valence electrons. The van der Waals surface area contributed by atoms with Crippen molar-refractivity contribution in [2.24, 2.45) is 17.3 Å². The van der Waals surface area contributed by atoms with Gasteiger partial charge in [0.2, 0.25) is 23.6 Å². The minimum Gasteiger partial charge on any atom is -0.462 e. The van der Waals surface area contributed by atoms with Gasteiger partial charge in [0.05, 0.1) is 25.3 Å². The number of amides is 4. The number of nitrogens with one attached hydrogen (secondary N) is 5. The normalized spacial score (nSPS) is 22.6. The van der Waals surface area contributed by atoms with Gasteiger partial charge in [0.1, 0.15) is 12.1 Å². The van der Waals surface area contributed by atoms with Crippen LogP contribution < -0.4 is 26.0 Å². The van der Waals surface area contributed by atoms with Crippen molar-refractivity contribution in [1.82, 2.24) is 20.7 Å². The van der Waals surface area contributed by atoms with Gasteiger partial charge in [-0.15, -0.1) is 0 Å². The van der Waals surface area contributed by atoms with Crippen LogP contribution >= 0.6 is 12.8 Å². The maximum Gasteiger partial charge on any atom is 0.338 e. The van der Waals surface area contributed by atoms with Crippen LogP contribution in [0.5, 0.6) is 0 Å². The molecule has 4 atom stereocenters. The fraction of sp³-hybridized carbons (Fsp3) is 0.526. The first-order valence-corrected chi connectivity index (χ1v) is 18.5. The van der Waals surface area contributed by atoms with E-state index in [1.165, 1.54) is 6.92 Å². The van der Waals surface area contributed by atoms with Gasteiger partial charge in [-0.25, -0.2) is 4.79 Å². The summed E-state index contributed by atoms with van der Waals surface area (Å²) in [5, 5.41) is 11.5. The highest BCUT2D eigenvalue weighted by Crippen LogP contribution is 2.53. The molecular weight excluding hydrogens is 687 g/mol. The molecule has 0 aliphatic heterocycles. The van der Waals surface area contributed by atoms with Crippen molar-refractivity contribution < 1.29 is 38.2 Å². The van der Waals surface area contributed by atoms with E-state index in [0.29, 0.717) is 36.9 Å². The maximum atomic E-state index is 13.3. The average molecular weight is 736 g/mol. The first kappa shape index (κ1) is 38.8. The van der Waals surface area contributed by atoms with Crippen molar-refractivity contribution in [3.63, 3.8) is 0 Å². The molecule has 13 nitrogen and oxygen atoms in total. The van der Waals surface area contributed by atoms with Crippen LogP contribution in [0.4, 0.5) is 5.69 Å². The monoisotopic (exact) mass is 735 g/mol. The molecule has 0 heterocycles. The topological polar surface area (TPSA) is 181 Å². The van der Waals surface area contributed by atoms with Gasteiger partial charge in [-0.3, -0.25) is 28.7 Å². The van der Waals surface area contributed by atoms with Crippen LogP contribution in [0.3, 0.4) is 0 Å². The van der Waals surface area contributed by atoms with Crippen molar-refractivity contribution in [3.8, 4) is 0 Å². The molecule has 2 aromatic carbocycles. The highest BCUT2D eigenvalue weighted by Gasteiger charge is 2.59. The van der Waals surface area contributed by atoms with Crippen LogP contribution in [0.2, 0.25) is 0 Å². The number of ether oxygens (including phenoxy) is 2. The van der Waals surface area contributed by atoms with Crippen molar-refractivity contribution >= 4 is 54.1 Å². The van der Waals surface area contributed by atoms with Gasteiger partial charge >= 0.3 is 11.9 Å². The van der Waals surface area contributed by atoms with E-state index in [1.54, 1.807) is 48.5 Å². The molecule has 0 spiro atoms. The Morgan fingerprint density at radius 3 is 2.23 bits per heavy atom. The van der Waals surface area contributed by atoms with Gasteiger partial charge in [-0.1, -0.05) is 56.0 Å². The highest BCUT2D eigenvalue weighted by molar-refractivity contribution is 7.78. The number of carbonyl (C=O) groups excluding carboxylic acids is 6. The van der Waals surface area contributed by atoms with E-state index in [1.807, 2.05) is 6.07 Å². The van der Waals surface area contributed by atoms with Crippen molar-refractivity contribution in [2.75, 3.05) is 25.0 Å². The number of rotatable bonds is 18. The summed E-state index contributed by atoms with van der Waals surface area (Å²) >= 11 is 4.21. The van der Waals surface area contributed by atoms with E-state index in [9.17, 15) is 28.8 Å². The van der Waals surface area contributed by atoms with Gasteiger partial charge in [0, 0.05) is 24.1 Å². The number of hydrogen-bond acceptors (Lipinski definition) is 10. The Hall–Kier alpha value is -4.43. The molecule has 14 heteroatoms. The summed E-state index contributed by atoms with van der Waals surface area (Å²) in [7, 11) is 0. The molecule has 0 aromatic heterocycles. The number of esters is 2. The first-order chi connectivity index (χ1) is 25.0. The standard InChI is InChI=1S/C38H49N5O8S/c1-25(44)51-24-26-13-15-30(16-14-26)41-32(45)22-39-35(48)37(17-18-37)20-28-10-5-6-12-31(28)42-33(46)23-40-36(49)38(43-52)21-29(38)11-7-19-50-34(47)27-8-3-2-4-9-27/h2-4,8-9,13-16,28-29,31,43,52H,5-7,10-12,17-24H2,1H3,(H,39,48)(H,40,49)(H,41,45)(H,42,46)/t28?,29-,31?,38?/m0/s1. The predicted molar refractivity (Wildman–Crippen MR) is 196 cm³/mol. The lowest BCUT2D eigenvalue weighted by Gasteiger charge is -2.34. The number of thiol groups is 1. The molecule has 0 saturated heterocycles.